The third kappa shape index (κ3) is 3.51. The predicted molar refractivity (Wildman–Crippen MR) is 104 cm³/mol. The van der Waals surface area contributed by atoms with Gasteiger partial charge in [0.15, 0.2) is 5.13 Å². The molecule has 2 N–H and O–H groups in total. The van der Waals surface area contributed by atoms with E-state index in [1.54, 1.807) is 23.5 Å². The monoisotopic (exact) mass is 345 g/mol. The van der Waals surface area contributed by atoms with Crippen molar-refractivity contribution in [3.63, 3.8) is 0 Å². The molecule has 4 rings (SSSR count). The lowest BCUT2D eigenvalue weighted by Crippen LogP contribution is -2.11. The number of amides is 1. The number of anilines is 3. The summed E-state index contributed by atoms with van der Waals surface area (Å²) in [4.78, 5) is 16.7. The molecule has 0 saturated heterocycles. The summed E-state index contributed by atoms with van der Waals surface area (Å²) in [5.74, 6) is -0.118. The number of aromatic nitrogens is 1. The van der Waals surface area contributed by atoms with E-state index in [-0.39, 0.29) is 5.91 Å². The first-order chi connectivity index (χ1) is 12.3. The van der Waals surface area contributed by atoms with Crippen molar-refractivity contribution in [3.8, 4) is 0 Å². The number of carbonyl (C=O) groups is 1. The number of thiazole rings is 1. The minimum Gasteiger partial charge on any atom is -0.332 e. The van der Waals surface area contributed by atoms with E-state index in [1.807, 2.05) is 60.7 Å². The van der Waals surface area contributed by atoms with Crippen LogP contribution in [-0.2, 0) is 0 Å². The molecule has 4 aromatic rings. The Balaban J connectivity index is 1.45. The number of nitrogens with zero attached hydrogens (tertiary/aromatic N) is 1. The van der Waals surface area contributed by atoms with E-state index < -0.39 is 0 Å². The van der Waals surface area contributed by atoms with E-state index in [4.69, 9.17) is 0 Å². The van der Waals surface area contributed by atoms with Crippen LogP contribution in [0.2, 0.25) is 0 Å². The van der Waals surface area contributed by atoms with Gasteiger partial charge in [-0.15, -0.1) is 0 Å². The highest BCUT2D eigenvalue weighted by Gasteiger charge is 2.06. The lowest BCUT2D eigenvalue weighted by molar-refractivity contribution is 0.102. The van der Waals surface area contributed by atoms with Crippen LogP contribution in [0.4, 0.5) is 16.5 Å². The van der Waals surface area contributed by atoms with Crippen molar-refractivity contribution in [3.05, 3.63) is 84.4 Å². The summed E-state index contributed by atoms with van der Waals surface area (Å²) in [6, 6.07) is 24.8. The van der Waals surface area contributed by atoms with Crippen LogP contribution in [0.15, 0.2) is 78.9 Å². The molecule has 0 aliphatic rings. The summed E-state index contributed by atoms with van der Waals surface area (Å²) in [5, 5.41) is 7.04. The molecule has 0 spiro atoms. The number of hydrogen-bond acceptors (Lipinski definition) is 4. The highest BCUT2D eigenvalue weighted by Crippen LogP contribution is 2.28. The molecular weight excluding hydrogens is 330 g/mol. The zero-order chi connectivity index (χ0) is 17.1. The summed E-state index contributed by atoms with van der Waals surface area (Å²) in [7, 11) is 0. The fourth-order valence-corrected chi connectivity index (χ4v) is 3.36. The molecule has 3 aromatic carbocycles. The second kappa shape index (κ2) is 6.75. The normalized spacial score (nSPS) is 10.6. The molecule has 5 heteroatoms. The van der Waals surface area contributed by atoms with Crippen LogP contribution in [0.3, 0.4) is 0 Å². The number of hydrogen-bond donors (Lipinski definition) is 2. The van der Waals surface area contributed by atoms with Gasteiger partial charge in [0.2, 0.25) is 0 Å². The number of carbonyl (C=O) groups excluding carboxylic acids is 1. The summed E-state index contributed by atoms with van der Waals surface area (Å²) >= 11 is 1.61. The van der Waals surface area contributed by atoms with Crippen LogP contribution in [0.1, 0.15) is 10.4 Å². The number of benzene rings is 3. The van der Waals surface area contributed by atoms with E-state index in [0.29, 0.717) is 5.56 Å². The van der Waals surface area contributed by atoms with Gasteiger partial charge >= 0.3 is 0 Å². The standard InChI is InChI=1S/C20H15N3OS/c24-19(14-6-2-1-3-7-14)21-15-10-12-16(13-11-15)22-20-23-17-8-4-5-9-18(17)25-20/h1-13H,(H,21,24)(H,22,23). The van der Waals surface area contributed by atoms with Crippen molar-refractivity contribution < 1.29 is 4.79 Å². The van der Waals surface area contributed by atoms with Gasteiger partial charge < -0.3 is 10.6 Å². The second-order valence-electron chi connectivity index (χ2n) is 5.51. The van der Waals surface area contributed by atoms with Crippen LogP contribution in [0, 0.1) is 0 Å². The molecule has 1 amide bonds. The Labute approximate surface area is 149 Å². The lowest BCUT2D eigenvalue weighted by Gasteiger charge is -2.07. The van der Waals surface area contributed by atoms with E-state index in [1.165, 1.54) is 0 Å². The van der Waals surface area contributed by atoms with Crippen molar-refractivity contribution in [1.29, 1.82) is 0 Å². The Morgan fingerprint density at radius 2 is 1.48 bits per heavy atom. The molecule has 1 aromatic heterocycles. The van der Waals surface area contributed by atoms with Crippen LogP contribution in [-0.4, -0.2) is 10.9 Å². The molecule has 0 radical (unpaired) electrons. The molecular formula is C20H15N3OS. The van der Waals surface area contributed by atoms with Crippen molar-refractivity contribution in [2.75, 3.05) is 10.6 Å². The van der Waals surface area contributed by atoms with E-state index in [2.05, 4.69) is 21.7 Å². The van der Waals surface area contributed by atoms with Crippen molar-refractivity contribution in [2.45, 2.75) is 0 Å². The minimum atomic E-state index is -0.118. The first kappa shape index (κ1) is 15.4. The van der Waals surface area contributed by atoms with Gasteiger partial charge in [0.1, 0.15) is 0 Å². The Hall–Kier alpha value is -3.18. The summed E-state index contributed by atoms with van der Waals surface area (Å²) in [5.41, 5.74) is 3.31. The third-order valence-electron chi connectivity index (χ3n) is 3.72. The third-order valence-corrected chi connectivity index (χ3v) is 4.68. The lowest BCUT2D eigenvalue weighted by atomic mass is 10.2. The van der Waals surface area contributed by atoms with E-state index in [0.717, 1.165) is 26.7 Å². The zero-order valence-electron chi connectivity index (χ0n) is 13.3. The minimum absolute atomic E-state index is 0.118. The van der Waals surface area contributed by atoms with Gasteiger partial charge in [0.25, 0.3) is 5.91 Å². The molecule has 1 heterocycles. The number of fused-ring (bicyclic) bond motifs is 1. The van der Waals surface area contributed by atoms with E-state index >= 15 is 0 Å². The van der Waals surface area contributed by atoms with Gasteiger partial charge in [-0.05, 0) is 48.5 Å². The van der Waals surface area contributed by atoms with Gasteiger partial charge in [-0.1, -0.05) is 41.7 Å². The van der Waals surface area contributed by atoms with Crippen molar-refractivity contribution in [1.82, 2.24) is 4.98 Å². The molecule has 0 fully saturated rings. The number of nitrogens with one attached hydrogen (secondary N) is 2. The zero-order valence-corrected chi connectivity index (χ0v) is 14.1. The number of rotatable bonds is 4. The van der Waals surface area contributed by atoms with Gasteiger partial charge in [0, 0.05) is 16.9 Å². The Morgan fingerprint density at radius 1 is 0.800 bits per heavy atom. The largest absolute Gasteiger partial charge is 0.332 e. The Bertz CT molecular complexity index is 977. The predicted octanol–water partition coefficient (Wildman–Crippen LogP) is 5.29. The first-order valence-electron chi connectivity index (χ1n) is 7.87. The average Bonchev–Trinajstić information content (AvgIpc) is 3.06. The van der Waals surface area contributed by atoms with Gasteiger partial charge in [-0.25, -0.2) is 4.98 Å². The molecule has 0 atom stereocenters. The molecule has 0 saturated carbocycles. The molecule has 122 valence electrons. The Kier molecular flexibility index (Phi) is 4.14. The topological polar surface area (TPSA) is 54.0 Å². The highest BCUT2D eigenvalue weighted by atomic mass is 32.1. The SMILES string of the molecule is O=C(Nc1ccc(Nc2nc3ccccc3s2)cc1)c1ccccc1. The fourth-order valence-electron chi connectivity index (χ4n) is 2.48. The maximum absolute atomic E-state index is 12.2. The van der Waals surface area contributed by atoms with Crippen LogP contribution < -0.4 is 10.6 Å². The van der Waals surface area contributed by atoms with Crippen molar-refractivity contribution >= 4 is 44.0 Å². The molecule has 25 heavy (non-hydrogen) atoms. The Morgan fingerprint density at radius 3 is 2.24 bits per heavy atom. The fraction of sp³-hybridized carbons (Fsp3) is 0. The maximum atomic E-state index is 12.2. The molecule has 0 aliphatic heterocycles. The van der Waals surface area contributed by atoms with Crippen LogP contribution in [0.5, 0.6) is 0 Å². The summed E-state index contributed by atoms with van der Waals surface area (Å²) < 4.78 is 1.15. The quantitative estimate of drug-likeness (QED) is 0.528. The summed E-state index contributed by atoms with van der Waals surface area (Å²) in [6.07, 6.45) is 0. The maximum Gasteiger partial charge on any atom is 0.255 e. The van der Waals surface area contributed by atoms with Crippen LogP contribution in [0.25, 0.3) is 10.2 Å². The van der Waals surface area contributed by atoms with Gasteiger partial charge in [-0.3, -0.25) is 4.79 Å². The first-order valence-corrected chi connectivity index (χ1v) is 8.69. The van der Waals surface area contributed by atoms with E-state index in [9.17, 15) is 4.79 Å². The molecule has 0 unspecified atom stereocenters. The second-order valence-corrected chi connectivity index (χ2v) is 6.54. The summed E-state index contributed by atoms with van der Waals surface area (Å²) in [6.45, 7) is 0. The highest BCUT2D eigenvalue weighted by molar-refractivity contribution is 7.22. The smallest absolute Gasteiger partial charge is 0.255 e. The molecule has 0 bridgehead atoms. The van der Waals surface area contributed by atoms with Crippen LogP contribution >= 0.6 is 11.3 Å². The molecule has 4 nitrogen and oxygen atoms in total. The van der Waals surface area contributed by atoms with Gasteiger partial charge in [0.05, 0.1) is 10.2 Å². The number of para-hydroxylation sites is 1. The molecule has 0 aliphatic carbocycles. The van der Waals surface area contributed by atoms with Gasteiger partial charge in [-0.2, -0.15) is 0 Å². The van der Waals surface area contributed by atoms with Crippen molar-refractivity contribution in [2.24, 2.45) is 0 Å². The average molecular weight is 345 g/mol.